The number of hydrogen-bond acceptors (Lipinski definition) is 6. The first-order chi connectivity index (χ1) is 13.7. The van der Waals surface area contributed by atoms with Gasteiger partial charge in [-0.25, -0.2) is 4.79 Å². The molecule has 6 heteroatoms. The van der Waals surface area contributed by atoms with Crippen molar-refractivity contribution in [3.8, 4) is 5.75 Å². The van der Waals surface area contributed by atoms with Gasteiger partial charge in [-0.05, 0) is 23.3 Å². The molecule has 0 radical (unpaired) electrons. The summed E-state index contributed by atoms with van der Waals surface area (Å²) >= 11 is 0. The van der Waals surface area contributed by atoms with Crippen LogP contribution in [0.5, 0.6) is 5.75 Å². The van der Waals surface area contributed by atoms with Gasteiger partial charge < -0.3 is 23.8 Å². The van der Waals surface area contributed by atoms with Gasteiger partial charge in [-0.15, -0.1) is 0 Å². The van der Waals surface area contributed by atoms with Crippen molar-refractivity contribution in [2.24, 2.45) is 0 Å². The maximum absolute atomic E-state index is 12.1. The van der Waals surface area contributed by atoms with Gasteiger partial charge in [0.15, 0.2) is 0 Å². The van der Waals surface area contributed by atoms with Crippen molar-refractivity contribution >= 4 is 17.2 Å². The van der Waals surface area contributed by atoms with Crippen molar-refractivity contribution in [3.05, 3.63) is 65.9 Å². The van der Waals surface area contributed by atoms with Crippen molar-refractivity contribution in [1.29, 1.82) is 0 Å². The summed E-state index contributed by atoms with van der Waals surface area (Å²) in [5.41, 5.74) is 3.06. The number of hydrogen-bond donors (Lipinski definition) is 0. The molecule has 0 aliphatic carbocycles. The molecule has 0 unspecified atom stereocenters. The molecule has 0 atom stereocenters. The fourth-order valence-corrected chi connectivity index (χ4v) is 3.11. The first kappa shape index (κ1) is 19.8. The molecule has 2 aromatic rings. The molecule has 6 nitrogen and oxygen atoms in total. The van der Waals surface area contributed by atoms with Crippen molar-refractivity contribution < 1.29 is 23.7 Å². The average Bonchev–Trinajstić information content (AvgIpc) is 2.76. The summed E-state index contributed by atoms with van der Waals surface area (Å²) in [6.45, 7) is 3.54. The van der Waals surface area contributed by atoms with E-state index in [0.717, 1.165) is 48.9 Å². The lowest BCUT2D eigenvalue weighted by Gasteiger charge is -2.29. The number of ether oxygens (including phenoxy) is 4. The predicted molar refractivity (Wildman–Crippen MR) is 107 cm³/mol. The summed E-state index contributed by atoms with van der Waals surface area (Å²) in [6, 6.07) is 15.6. The highest BCUT2D eigenvalue weighted by molar-refractivity contribution is 6.16. The Morgan fingerprint density at radius 2 is 1.89 bits per heavy atom. The summed E-state index contributed by atoms with van der Waals surface area (Å²) in [4.78, 5) is 14.4. The lowest BCUT2D eigenvalue weighted by atomic mass is 10.0. The second-order valence-corrected chi connectivity index (χ2v) is 6.30. The fraction of sp³-hybridized carbons (Fsp3) is 0.318. The Kier molecular flexibility index (Phi) is 6.92. The molecule has 0 bridgehead atoms. The lowest BCUT2D eigenvalue weighted by molar-refractivity contribution is -0.133. The molecule has 28 heavy (non-hydrogen) atoms. The smallest absolute Gasteiger partial charge is 0.341 e. The van der Waals surface area contributed by atoms with Crippen LogP contribution in [0.3, 0.4) is 0 Å². The molecular weight excluding hydrogens is 358 g/mol. The molecule has 0 amide bonds. The topological polar surface area (TPSA) is 57.2 Å². The number of anilines is 1. The van der Waals surface area contributed by atoms with E-state index in [1.54, 1.807) is 0 Å². The van der Waals surface area contributed by atoms with E-state index in [2.05, 4.69) is 11.0 Å². The third-order valence-corrected chi connectivity index (χ3v) is 4.54. The number of benzene rings is 2. The number of morpholine rings is 1. The summed E-state index contributed by atoms with van der Waals surface area (Å²) in [7, 11) is 2.85. The minimum atomic E-state index is -0.455. The molecule has 0 aromatic heterocycles. The third kappa shape index (κ3) is 4.84. The quantitative estimate of drug-likeness (QED) is 0.416. The molecule has 3 rings (SSSR count). The van der Waals surface area contributed by atoms with E-state index in [9.17, 15) is 4.79 Å². The molecule has 1 heterocycles. The van der Waals surface area contributed by atoms with E-state index in [0.29, 0.717) is 12.2 Å². The van der Waals surface area contributed by atoms with E-state index in [4.69, 9.17) is 18.9 Å². The lowest BCUT2D eigenvalue weighted by Crippen LogP contribution is -2.36. The van der Waals surface area contributed by atoms with Crippen molar-refractivity contribution in [3.63, 3.8) is 0 Å². The Morgan fingerprint density at radius 1 is 1.11 bits per heavy atom. The summed E-state index contributed by atoms with van der Waals surface area (Å²) in [5, 5.41) is 0. The van der Waals surface area contributed by atoms with E-state index in [1.165, 1.54) is 20.5 Å². The summed E-state index contributed by atoms with van der Waals surface area (Å²) < 4.78 is 21.4. The monoisotopic (exact) mass is 383 g/mol. The first-order valence-corrected chi connectivity index (χ1v) is 9.18. The van der Waals surface area contributed by atoms with Crippen LogP contribution >= 0.6 is 0 Å². The van der Waals surface area contributed by atoms with E-state index in [1.807, 2.05) is 42.5 Å². The number of rotatable bonds is 7. The van der Waals surface area contributed by atoms with Gasteiger partial charge in [0.2, 0.25) is 0 Å². The van der Waals surface area contributed by atoms with Gasteiger partial charge in [-0.1, -0.05) is 30.3 Å². The van der Waals surface area contributed by atoms with Crippen LogP contribution in [0.1, 0.15) is 11.1 Å². The SMILES string of the molecule is CO/C=C(\C(=O)OC)c1ccccc1COc1cccc(N2CCOCC2)c1. The zero-order valence-corrected chi connectivity index (χ0v) is 16.2. The summed E-state index contributed by atoms with van der Waals surface area (Å²) in [6.07, 6.45) is 1.39. The normalized spacial score (nSPS) is 14.5. The molecule has 1 aliphatic heterocycles. The van der Waals surface area contributed by atoms with Crippen molar-refractivity contribution in [2.75, 3.05) is 45.4 Å². The number of carbonyl (C=O) groups excluding carboxylic acids is 1. The maximum atomic E-state index is 12.1. The fourth-order valence-electron chi connectivity index (χ4n) is 3.11. The van der Waals surface area contributed by atoms with Gasteiger partial charge in [0, 0.05) is 24.8 Å². The zero-order valence-electron chi connectivity index (χ0n) is 16.2. The molecule has 0 spiro atoms. The second kappa shape index (κ2) is 9.80. The standard InChI is InChI=1S/C22H25NO5/c1-25-16-21(22(24)26-2)20-9-4-3-6-17(20)15-28-19-8-5-7-18(14-19)23-10-12-27-13-11-23/h3-9,14,16H,10-13,15H2,1-2H3/b21-16-. The Labute approximate surface area is 165 Å². The minimum Gasteiger partial charge on any atom is -0.503 e. The molecule has 2 aromatic carbocycles. The van der Waals surface area contributed by atoms with Crippen LogP contribution in [-0.4, -0.2) is 46.5 Å². The van der Waals surface area contributed by atoms with Crippen LogP contribution in [0.2, 0.25) is 0 Å². The van der Waals surface area contributed by atoms with Gasteiger partial charge in [-0.2, -0.15) is 0 Å². The van der Waals surface area contributed by atoms with Gasteiger partial charge in [-0.3, -0.25) is 0 Å². The Bertz CT molecular complexity index is 827. The number of carbonyl (C=O) groups is 1. The highest BCUT2D eigenvalue weighted by Crippen LogP contribution is 2.25. The van der Waals surface area contributed by atoms with Crippen molar-refractivity contribution in [1.82, 2.24) is 0 Å². The summed E-state index contributed by atoms with van der Waals surface area (Å²) in [5.74, 6) is 0.317. The molecule has 1 aliphatic rings. The molecule has 0 N–H and O–H groups in total. The van der Waals surface area contributed by atoms with Crippen LogP contribution in [0.4, 0.5) is 5.69 Å². The Hall–Kier alpha value is -2.99. The largest absolute Gasteiger partial charge is 0.503 e. The molecular formula is C22H25NO5. The molecule has 1 saturated heterocycles. The number of methoxy groups -OCH3 is 2. The molecule has 1 fully saturated rings. The van der Waals surface area contributed by atoms with Gasteiger partial charge >= 0.3 is 5.97 Å². The van der Waals surface area contributed by atoms with Crippen LogP contribution in [0.25, 0.3) is 5.57 Å². The molecule has 0 saturated carbocycles. The zero-order chi connectivity index (χ0) is 19.8. The Balaban J connectivity index is 1.76. The highest BCUT2D eigenvalue weighted by atomic mass is 16.5. The van der Waals surface area contributed by atoms with E-state index in [-0.39, 0.29) is 0 Å². The van der Waals surface area contributed by atoms with E-state index >= 15 is 0 Å². The Morgan fingerprint density at radius 3 is 2.64 bits per heavy atom. The average molecular weight is 383 g/mol. The number of esters is 1. The number of nitrogens with zero attached hydrogens (tertiary/aromatic N) is 1. The predicted octanol–water partition coefficient (Wildman–Crippen LogP) is 3.26. The van der Waals surface area contributed by atoms with Crippen molar-refractivity contribution in [2.45, 2.75) is 6.61 Å². The van der Waals surface area contributed by atoms with Gasteiger partial charge in [0.1, 0.15) is 17.9 Å². The van der Waals surface area contributed by atoms with Crippen LogP contribution < -0.4 is 9.64 Å². The van der Waals surface area contributed by atoms with Crippen LogP contribution in [0, 0.1) is 0 Å². The molecule has 148 valence electrons. The van der Waals surface area contributed by atoms with Crippen LogP contribution in [-0.2, 0) is 25.6 Å². The maximum Gasteiger partial charge on any atom is 0.341 e. The first-order valence-electron chi connectivity index (χ1n) is 9.18. The van der Waals surface area contributed by atoms with Crippen LogP contribution in [0.15, 0.2) is 54.8 Å². The third-order valence-electron chi connectivity index (χ3n) is 4.54. The second-order valence-electron chi connectivity index (χ2n) is 6.30. The highest BCUT2D eigenvalue weighted by Gasteiger charge is 2.17. The van der Waals surface area contributed by atoms with Gasteiger partial charge in [0.25, 0.3) is 0 Å². The minimum absolute atomic E-state index is 0.320. The van der Waals surface area contributed by atoms with E-state index < -0.39 is 5.97 Å². The van der Waals surface area contributed by atoms with Gasteiger partial charge in [0.05, 0.1) is 33.7 Å².